The van der Waals surface area contributed by atoms with Gasteiger partial charge in [-0.05, 0) is 72.3 Å². The lowest BCUT2D eigenvalue weighted by Gasteiger charge is -2.47. The summed E-state index contributed by atoms with van der Waals surface area (Å²) in [6.07, 6.45) is 3.31. The SMILES string of the molecule is CCOCCC[Si](C)(C)OC(C)(C)[Si](C)(C)OC(CC)[Si](C)(C)CCCOC. The Balaban J connectivity index is 5.05. The summed E-state index contributed by atoms with van der Waals surface area (Å²) in [6.45, 7) is 25.7. The average molecular weight is 451 g/mol. The first-order valence-corrected chi connectivity index (χ1v) is 20.5. The molecule has 0 radical (unpaired) electrons. The van der Waals surface area contributed by atoms with Gasteiger partial charge in [0, 0.05) is 32.7 Å². The quantitative estimate of drug-likeness (QED) is 0.206. The Labute approximate surface area is 179 Å². The van der Waals surface area contributed by atoms with Gasteiger partial charge in [-0.3, -0.25) is 0 Å². The van der Waals surface area contributed by atoms with Gasteiger partial charge in [-0.1, -0.05) is 26.1 Å². The number of methoxy groups -OCH3 is 1. The fourth-order valence-corrected chi connectivity index (χ4v) is 13.8. The maximum atomic E-state index is 6.97. The van der Waals surface area contributed by atoms with E-state index in [0.29, 0.717) is 5.73 Å². The van der Waals surface area contributed by atoms with E-state index in [1.54, 1.807) is 7.11 Å². The first kappa shape index (κ1) is 28.5. The largest absolute Gasteiger partial charge is 0.415 e. The third kappa shape index (κ3) is 10.00. The third-order valence-corrected chi connectivity index (χ3v) is 16.9. The Morgan fingerprint density at radius 2 is 1.43 bits per heavy atom. The molecule has 0 aromatic heterocycles. The van der Waals surface area contributed by atoms with Crippen LogP contribution in [0.5, 0.6) is 0 Å². The summed E-state index contributed by atoms with van der Waals surface area (Å²) in [5, 5.41) is -0.196. The third-order valence-electron chi connectivity index (χ3n) is 6.10. The zero-order chi connectivity index (χ0) is 22.1. The van der Waals surface area contributed by atoms with Crippen LogP contribution in [0.15, 0.2) is 0 Å². The number of hydrogen-bond donors (Lipinski definition) is 0. The molecule has 0 fully saturated rings. The molecular formula is C21H50O4Si3. The molecule has 0 aromatic rings. The zero-order valence-electron chi connectivity index (χ0n) is 20.9. The van der Waals surface area contributed by atoms with Crippen LogP contribution in [0.1, 0.15) is 47.0 Å². The molecule has 1 unspecified atom stereocenters. The highest BCUT2D eigenvalue weighted by molar-refractivity contribution is 6.81. The van der Waals surface area contributed by atoms with Crippen LogP contribution in [-0.2, 0) is 18.3 Å². The Morgan fingerprint density at radius 3 is 1.93 bits per heavy atom. The van der Waals surface area contributed by atoms with Gasteiger partial charge in [0.2, 0.25) is 8.32 Å². The molecule has 0 heterocycles. The van der Waals surface area contributed by atoms with Crippen molar-refractivity contribution in [3.63, 3.8) is 0 Å². The highest BCUT2D eigenvalue weighted by Gasteiger charge is 2.48. The van der Waals surface area contributed by atoms with E-state index in [-0.39, 0.29) is 5.22 Å². The molecule has 1 atom stereocenters. The van der Waals surface area contributed by atoms with Gasteiger partial charge in [0.05, 0.1) is 13.3 Å². The summed E-state index contributed by atoms with van der Waals surface area (Å²) >= 11 is 0. The molecular weight excluding hydrogens is 400 g/mol. The van der Waals surface area contributed by atoms with Crippen molar-refractivity contribution in [1.29, 1.82) is 0 Å². The van der Waals surface area contributed by atoms with Crippen molar-refractivity contribution in [2.75, 3.05) is 26.9 Å². The van der Waals surface area contributed by atoms with E-state index in [0.717, 1.165) is 45.1 Å². The van der Waals surface area contributed by atoms with E-state index in [1.165, 1.54) is 6.04 Å². The summed E-state index contributed by atoms with van der Waals surface area (Å²) in [5.74, 6) is 0. The summed E-state index contributed by atoms with van der Waals surface area (Å²) in [7, 11) is -3.50. The maximum Gasteiger partial charge on any atom is 0.216 e. The van der Waals surface area contributed by atoms with Gasteiger partial charge in [0.15, 0.2) is 8.32 Å². The number of ether oxygens (including phenoxy) is 2. The van der Waals surface area contributed by atoms with Gasteiger partial charge in [0.25, 0.3) is 0 Å². The molecule has 0 N–H and O–H groups in total. The molecule has 0 saturated carbocycles. The molecule has 0 aromatic carbocycles. The van der Waals surface area contributed by atoms with Crippen LogP contribution < -0.4 is 0 Å². The highest BCUT2D eigenvalue weighted by atomic mass is 28.4. The van der Waals surface area contributed by atoms with E-state index >= 15 is 0 Å². The van der Waals surface area contributed by atoms with E-state index in [2.05, 4.69) is 67.0 Å². The summed E-state index contributed by atoms with van der Waals surface area (Å²) in [4.78, 5) is 0. The summed E-state index contributed by atoms with van der Waals surface area (Å²) in [5.41, 5.74) is 0.386. The normalized spacial score (nSPS) is 15.1. The minimum absolute atomic E-state index is 0.196. The van der Waals surface area contributed by atoms with Gasteiger partial charge in [-0.25, -0.2) is 0 Å². The molecule has 0 aliphatic heterocycles. The van der Waals surface area contributed by atoms with Crippen LogP contribution in [-0.4, -0.2) is 62.6 Å². The van der Waals surface area contributed by atoms with E-state index < -0.39 is 24.7 Å². The molecule has 7 heteroatoms. The van der Waals surface area contributed by atoms with Gasteiger partial charge in [-0.2, -0.15) is 0 Å². The monoisotopic (exact) mass is 450 g/mol. The molecule has 0 bridgehead atoms. The molecule has 28 heavy (non-hydrogen) atoms. The van der Waals surface area contributed by atoms with Crippen LogP contribution in [0.4, 0.5) is 0 Å². The standard InChI is InChI=1S/C21H50O4Si3/c1-12-20(26(6,7)18-14-16-22-5)24-28(10,11)21(3,4)25-27(8,9)19-15-17-23-13-2/h20H,12-19H2,1-11H3. The zero-order valence-corrected chi connectivity index (χ0v) is 23.9. The predicted molar refractivity (Wildman–Crippen MR) is 130 cm³/mol. The lowest BCUT2D eigenvalue weighted by molar-refractivity contribution is 0.121. The van der Waals surface area contributed by atoms with Crippen LogP contribution in [0.2, 0.25) is 51.4 Å². The molecule has 0 saturated heterocycles. The van der Waals surface area contributed by atoms with Crippen LogP contribution in [0.3, 0.4) is 0 Å². The predicted octanol–water partition coefficient (Wildman–Crippen LogP) is 6.24. The van der Waals surface area contributed by atoms with Crippen molar-refractivity contribution in [2.24, 2.45) is 0 Å². The molecule has 0 amide bonds. The second-order valence-electron chi connectivity index (χ2n) is 10.3. The Kier molecular flexibility index (Phi) is 12.6. The maximum absolute atomic E-state index is 6.97. The molecule has 4 nitrogen and oxygen atoms in total. The second-order valence-corrected chi connectivity index (χ2v) is 24.1. The lowest BCUT2D eigenvalue weighted by Crippen LogP contribution is -2.62. The highest BCUT2D eigenvalue weighted by Crippen LogP contribution is 2.34. The lowest BCUT2D eigenvalue weighted by atomic mass is 10.5. The van der Waals surface area contributed by atoms with Gasteiger partial charge < -0.3 is 18.3 Å². The average Bonchev–Trinajstić information content (AvgIpc) is 2.55. The molecule has 0 spiro atoms. The van der Waals surface area contributed by atoms with Gasteiger partial charge >= 0.3 is 0 Å². The number of rotatable bonds is 16. The smallest absolute Gasteiger partial charge is 0.216 e. The summed E-state index contributed by atoms with van der Waals surface area (Å²) in [6, 6.07) is 2.39. The number of hydrogen-bond acceptors (Lipinski definition) is 4. The van der Waals surface area contributed by atoms with E-state index in [1.807, 2.05) is 0 Å². The minimum Gasteiger partial charge on any atom is -0.415 e. The van der Waals surface area contributed by atoms with Crippen LogP contribution >= 0.6 is 0 Å². The van der Waals surface area contributed by atoms with Crippen molar-refractivity contribution in [3.8, 4) is 0 Å². The van der Waals surface area contributed by atoms with Crippen molar-refractivity contribution in [3.05, 3.63) is 0 Å². The molecule has 0 aliphatic carbocycles. The Hall–Kier alpha value is 0.491. The fourth-order valence-electron chi connectivity index (χ4n) is 3.74. The van der Waals surface area contributed by atoms with E-state index in [9.17, 15) is 0 Å². The molecule has 0 aliphatic rings. The second kappa shape index (κ2) is 12.4. The topological polar surface area (TPSA) is 36.9 Å². The molecule has 0 rings (SSSR count). The fraction of sp³-hybridized carbons (Fsp3) is 1.00. The van der Waals surface area contributed by atoms with Crippen molar-refractivity contribution < 1.29 is 18.3 Å². The Morgan fingerprint density at radius 1 is 0.857 bits per heavy atom. The van der Waals surface area contributed by atoms with Crippen LogP contribution in [0, 0.1) is 0 Å². The first-order valence-electron chi connectivity index (χ1n) is 11.2. The summed E-state index contributed by atoms with van der Waals surface area (Å²) < 4.78 is 24.6. The van der Waals surface area contributed by atoms with Crippen LogP contribution in [0.25, 0.3) is 0 Å². The van der Waals surface area contributed by atoms with Crippen molar-refractivity contribution >= 4 is 24.7 Å². The minimum atomic E-state index is -2.05. The molecule has 170 valence electrons. The van der Waals surface area contributed by atoms with Crippen molar-refractivity contribution in [2.45, 2.75) is 109 Å². The van der Waals surface area contributed by atoms with Crippen molar-refractivity contribution in [1.82, 2.24) is 0 Å². The van der Waals surface area contributed by atoms with E-state index in [4.69, 9.17) is 18.3 Å². The Bertz CT molecular complexity index is 426. The van der Waals surface area contributed by atoms with Gasteiger partial charge in [-0.15, -0.1) is 0 Å². The van der Waals surface area contributed by atoms with Gasteiger partial charge in [0.1, 0.15) is 0 Å². The first-order chi connectivity index (χ1) is 12.7.